The highest BCUT2D eigenvalue weighted by molar-refractivity contribution is 5.86. The van der Waals surface area contributed by atoms with E-state index in [2.05, 4.69) is 0 Å². The van der Waals surface area contributed by atoms with E-state index in [0.29, 0.717) is 18.5 Å². The molecule has 0 saturated carbocycles. The Morgan fingerprint density at radius 2 is 2.10 bits per heavy atom. The Morgan fingerprint density at radius 1 is 1.35 bits per heavy atom. The highest BCUT2D eigenvalue weighted by Crippen LogP contribution is 2.20. The molecule has 1 amide bonds. The van der Waals surface area contributed by atoms with E-state index < -0.39 is 17.8 Å². The summed E-state index contributed by atoms with van der Waals surface area (Å²) in [5.74, 6) is -1.02. The Hall–Kier alpha value is -1.91. The summed E-state index contributed by atoms with van der Waals surface area (Å²) in [7, 11) is 1.32. The monoisotopic (exact) mass is 279 g/mol. The summed E-state index contributed by atoms with van der Waals surface area (Å²) in [4.78, 5) is 25.5. The number of esters is 1. The van der Waals surface area contributed by atoms with Gasteiger partial charge in [0.15, 0.2) is 0 Å². The van der Waals surface area contributed by atoms with Crippen LogP contribution in [0.2, 0.25) is 0 Å². The molecule has 0 spiro atoms. The van der Waals surface area contributed by atoms with Crippen molar-refractivity contribution in [2.45, 2.75) is 31.7 Å². The van der Waals surface area contributed by atoms with Gasteiger partial charge in [-0.3, -0.25) is 4.79 Å². The highest BCUT2D eigenvalue weighted by atomic mass is 19.1. The van der Waals surface area contributed by atoms with Crippen molar-refractivity contribution in [3.8, 4) is 0 Å². The SMILES string of the molecule is COC(=O)C1CCCCN1C(=O)Cc1ccccc1F. The average Bonchev–Trinajstić information content (AvgIpc) is 2.48. The van der Waals surface area contributed by atoms with Crippen LogP contribution in [0.25, 0.3) is 0 Å². The van der Waals surface area contributed by atoms with Gasteiger partial charge in [-0.05, 0) is 30.9 Å². The number of likely N-dealkylation sites (tertiary alicyclic amines) is 1. The lowest BCUT2D eigenvalue weighted by atomic mass is 10.0. The molecule has 1 unspecified atom stereocenters. The number of ether oxygens (including phenoxy) is 1. The fraction of sp³-hybridized carbons (Fsp3) is 0.467. The van der Waals surface area contributed by atoms with E-state index in [1.54, 1.807) is 18.2 Å². The Bertz CT molecular complexity index is 504. The molecule has 0 radical (unpaired) electrons. The minimum Gasteiger partial charge on any atom is -0.467 e. The average molecular weight is 279 g/mol. The number of rotatable bonds is 3. The summed E-state index contributed by atoms with van der Waals surface area (Å²) >= 11 is 0. The fourth-order valence-electron chi connectivity index (χ4n) is 2.52. The van der Waals surface area contributed by atoms with Gasteiger partial charge < -0.3 is 9.64 Å². The number of methoxy groups -OCH3 is 1. The maximum absolute atomic E-state index is 13.6. The molecule has 1 fully saturated rings. The minimum atomic E-state index is -0.534. The van der Waals surface area contributed by atoms with Gasteiger partial charge in [-0.2, -0.15) is 0 Å². The van der Waals surface area contributed by atoms with Crippen molar-refractivity contribution in [1.29, 1.82) is 0 Å². The van der Waals surface area contributed by atoms with Gasteiger partial charge in [0.1, 0.15) is 11.9 Å². The molecule has 1 aromatic carbocycles. The highest BCUT2D eigenvalue weighted by Gasteiger charge is 2.32. The molecular formula is C15H18FNO3. The van der Waals surface area contributed by atoms with E-state index in [-0.39, 0.29) is 12.3 Å². The van der Waals surface area contributed by atoms with Crippen LogP contribution in [0.1, 0.15) is 24.8 Å². The molecule has 20 heavy (non-hydrogen) atoms. The largest absolute Gasteiger partial charge is 0.467 e. The smallest absolute Gasteiger partial charge is 0.328 e. The van der Waals surface area contributed by atoms with E-state index in [1.807, 2.05) is 0 Å². The zero-order valence-electron chi connectivity index (χ0n) is 11.5. The van der Waals surface area contributed by atoms with Crippen LogP contribution in [0.5, 0.6) is 0 Å². The van der Waals surface area contributed by atoms with E-state index >= 15 is 0 Å². The summed E-state index contributed by atoms with van der Waals surface area (Å²) in [6.07, 6.45) is 2.33. The van der Waals surface area contributed by atoms with Crippen LogP contribution in [0.4, 0.5) is 4.39 Å². The van der Waals surface area contributed by atoms with Crippen LogP contribution >= 0.6 is 0 Å². The van der Waals surface area contributed by atoms with E-state index in [4.69, 9.17) is 4.74 Å². The van der Waals surface area contributed by atoms with E-state index in [0.717, 1.165) is 12.8 Å². The second-order valence-electron chi connectivity index (χ2n) is 4.89. The van der Waals surface area contributed by atoms with Crippen molar-refractivity contribution < 1.29 is 18.7 Å². The number of nitrogens with zero attached hydrogens (tertiary/aromatic N) is 1. The topological polar surface area (TPSA) is 46.6 Å². The molecule has 0 aliphatic carbocycles. The van der Waals surface area contributed by atoms with Gasteiger partial charge in [0.2, 0.25) is 5.91 Å². The third-order valence-corrected chi connectivity index (χ3v) is 3.60. The van der Waals surface area contributed by atoms with Crippen LogP contribution in [0.3, 0.4) is 0 Å². The van der Waals surface area contributed by atoms with E-state index in [1.165, 1.54) is 18.1 Å². The number of carbonyl (C=O) groups excluding carboxylic acids is 2. The van der Waals surface area contributed by atoms with Gasteiger partial charge in [0, 0.05) is 6.54 Å². The molecule has 4 nitrogen and oxygen atoms in total. The Morgan fingerprint density at radius 3 is 2.80 bits per heavy atom. The van der Waals surface area contributed by atoms with Crippen LogP contribution in [0.15, 0.2) is 24.3 Å². The summed E-state index contributed by atoms with van der Waals surface area (Å²) in [6.45, 7) is 0.521. The fourth-order valence-corrected chi connectivity index (χ4v) is 2.52. The first-order chi connectivity index (χ1) is 9.63. The van der Waals surface area contributed by atoms with Crippen LogP contribution < -0.4 is 0 Å². The number of amides is 1. The molecule has 0 N–H and O–H groups in total. The van der Waals surface area contributed by atoms with Crippen molar-refractivity contribution in [1.82, 2.24) is 4.90 Å². The molecule has 1 aliphatic heterocycles. The number of carbonyl (C=O) groups is 2. The number of halogens is 1. The first kappa shape index (κ1) is 14.5. The van der Waals surface area contributed by atoms with Gasteiger partial charge in [-0.25, -0.2) is 9.18 Å². The number of piperidine rings is 1. The number of benzene rings is 1. The normalized spacial score (nSPS) is 18.7. The molecular weight excluding hydrogens is 261 g/mol. The predicted octanol–water partition coefficient (Wildman–Crippen LogP) is 1.92. The van der Waals surface area contributed by atoms with Gasteiger partial charge in [-0.1, -0.05) is 18.2 Å². The van der Waals surface area contributed by atoms with Crippen molar-refractivity contribution in [3.05, 3.63) is 35.6 Å². The molecule has 1 aliphatic rings. The van der Waals surface area contributed by atoms with Gasteiger partial charge in [0.25, 0.3) is 0 Å². The van der Waals surface area contributed by atoms with Crippen molar-refractivity contribution >= 4 is 11.9 Å². The second kappa shape index (κ2) is 6.50. The summed E-state index contributed by atoms with van der Waals surface area (Å²) < 4.78 is 18.3. The zero-order valence-corrected chi connectivity index (χ0v) is 11.5. The first-order valence-electron chi connectivity index (χ1n) is 6.74. The summed E-state index contributed by atoms with van der Waals surface area (Å²) in [5, 5.41) is 0. The van der Waals surface area contributed by atoms with Crippen LogP contribution in [-0.2, 0) is 20.7 Å². The maximum atomic E-state index is 13.6. The zero-order chi connectivity index (χ0) is 14.5. The predicted molar refractivity (Wildman–Crippen MR) is 71.5 cm³/mol. The van der Waals surface area contributed by atoms with Crippen molar-refractivity contribution in [2.24, 2.45) is 0 Å². The number of hydrogen-bond donors (Lipinski definition) is 0. The summed E-state index contributed by atoms with van der Waals surface area (Å²) in [5.41, 5.74) is 0.353. The third kappa shape index (κ3) is 3.15. The lowest BCUT2D eigenvalue weighted by molar-refractivity contribution is -0.154. The van der Waals surface area contributed by atoms with Crippen LogP contribution in [0, 0.1) is 5.82 Å². The Balaban J connectivity index is 2.10. The molecule has 1 saturated heterocycles. The minimum absolute atomic E-state index is 0.0276. The molecule has 0 aromatic heterocycles. The van der Waals surface area contributed by atoms with Gasteiger partial charge in [0.05, 0.1) is 13.5 Å². The molecule has 1 aromatic rings. The lowest BCUT2D eigenvalue weighted by Crippen LogP contribution is -2.49. The molecule has 0 bridgehead atoms. The first-order valence-corrected chi connectivity index (χ1v) is 6.74. The van der Waals surface area contributed by atoms with Gasteiger partial charge in [-0.15, -0.1) is 0 Å². The molecule has 1 atom stereocenters. The molecule has 5 heteroatoms. The van der Waals surface area contributed by atoms with E-state index in [9.17, 15) is 14.0 Å². The quantitative estimate of drug-likeness (QED) is 0.794. The van der Waals surface area contributed by atoms with Crippen LogP contribution in [-0.4, -0.2) is 36.5 Å². The number of hydrogen-bond acceptors (Lipinski definition) is 3. The third-order valence-electron chi connectivity index (χ3n) is 3.60. The van der Waals surface area contributed by atoms with Gasteiger partial charge >= 0.3 is 5.97 Å². The van der Waals surface area contributed by atoms with Crippen molar-refractivity contribution in [2.75, 3.05) is 13.7 Å². The maximum Gasteiger partial charge on any atom is 0.328 e. The molecule has 2 rings (SSSR count). The Labute approximate surface area is 117 Å². The van der Waals surface area contributed by atoms with Crippen molar-refractivity contribution in [3.63, 3.8) is 0 Å². The molecule has 1 heterocycles. The summed E-state index contributed by atoms with van der Waals surface area (Å²) in [6, 6.07) is 5.66. The Kier molecular flexibility index (Phi) is 4.71. The second-order valence-corrected chi connectivity index (χ2v) is 4.89. The molecule has 108 valence electrons. The lowest BCUT2D eigenvalue weighted by Gasteiger charge is -2.33. The standard InChI is InChI=1S/C15H18FNO3/c1-20-15(19)13-8-4-5-9-17(13)14(18)10-11-6-2-3-7-12(11)16/h2-3,6-7,13H,4-5,8-10H2,1H3.